The Hall–Kier alpha value is -5.97. The number of fused-ring (bicyclic) bond motifs is 6. The van der Waals surface area contributed by atoms with Crippen LogP contribution in [-0.2, 0) is 32.1 Å². The Morgan fingerprint density at radius 1 is 0.163 bits per heavy atom. The molecule has 13 aromatic rings. The molecule has 0 N–H and O–H groups in total. The number of rotatable bonds is 55. The molecule has 0 radical (unpaired) electrons. The van der Waals surface area contributed by atoms with Gasteiger partial charge in [0.25, 0.3) is 0 Å². The summed E-state index contributed by atoms with van der Waals surface area (Å²) >= 11 is 0. The van der Waals surface area contributed by atoms with Crippen LogP contribution in [0.25, 0.3) is 129 Å². The molecular weight excluding hydrogens is 1250 g/mol. The normalized spacial score (nSPS) is 12.7. The topological polar surface area (TPSA) is 23.8 Å². The molecule has 0 aromatic heterocycles. The van der Waals surface area contributed by atoms with Crippen LogP contribution in [0.2, 0.25) is 0 Å². The lowest BCUT2D eigenvalue weighted by molar-refractivity contribution is 0.556. The van der Waals surface area contributed by atoms with Gasteiger partial charge in [-0.2, -0.15) is 5.26 Å². The largest absolute Gasteiger partial charge is 0.192 e. The summed E-state index contributed by atoms with van der Waals surface area (Å²) in [6.07, 6.45) is 73.3. The van der Waals surface area contributed by atoms with Gasteiger partial charge in [-0.15, -0.1) is 0 Å². The zero-order valence-electron chi connectivity index (χ0n) is 66.8. The lowest BCUT2D eigenvalue weighted by Gasteiger charge is -2.30. The molecule has 13 aromatic carbocycles. The Morgan fingerprint density at radius 2 is 0.288 bits per heavy atom. The first-order chi connectivity index (χ1) is 51.5. The first kappa shape index (κ1) is 76.2. The van der Waals surface area contributed by atoms with E-state index in [0.717, 1.165) is 37.7 Å². The van der Waals surface area contributed by atoms with Gasteiger partial charge in [0.1, 0.15) is 0 Å². The van der Waals surface area contributed by atoms with Gasteiger partial charge < -0.3 is 0 Å². The van der Waals surface area contributed by atoms with E-state index >= 15 is 0 Å². The molecule has 0 unspecified atom stereocenters. The molecule has 1 heteroatoms. The molecule has 0 aliphatic heterocycles. The summed E-state index contributed by atoms with van der Waals surface area (Å²) in [6, 6.07) is 34.9. The Labute approximate surface area is 630 Å². The van der Waals surface area contributed by atoms with Crippen molar-refractivity contribution in [3.63, 3.8) is 0 Å². The highest BCUT2D eigenvalue weighted by Gasteiger charge is 2.33. The summed E-state index contributed by atoms with van der Waals surface area (Å²) < 4.78 is 0. The molecule has 13 rings (SSSR count). The standard InChI is InChI=1S/C103H137N/c1-6-11-16-21-26-31-36-41-46-51-56-74-61-80-82-63-75(57-52-47-42-37-32-27-22-17-12-7-2)65-84-86-67-77(59-54-49-44-39-34-29-24-19-14-9-4)69-88-90-71-79(73-104)72-91-89-70-78(60-55-50-45-40-35-30-25-20-15-10-5)68-87-85-66-76(58-53-48-43-38-33-28-23-18-13-8-3)64-83-81(62-74)92(80)98-99(93(82)84)101(95(86)88)103(97(90)91)102(96(87)89)100(98)94(83)85/h61-72H,6-60H2,1-5H3. The van der Waals surface area contributed by atoms with E-state index < -0.39 is 0 Å². The predicted molar refractivity (Wildman–Crippen MR) is 466 cm³/mol. The number of nitriles is 1. The van der Waals surface area contributed by atoms with Crippen molar-refractivity contribution in [1.82, 2.24) is 0 Å². The first-order valence-corrected chi connectivity index (χ1v) is 45.2. The van der Waals surface area contributed by atoms with E-state index in [1.165, 1.54) is 467 Å². The maximum atomic E-state index is 11.4. The van der Waals surface area contributed by atoms with Crippen LogP contribution in [0.4, 0.5) is 0 Å². The third-order valence-corrected chi connectivity index (χ3v) is 26.1. The minimum atomic E-state index is 0.800. The molecule has 0 spiro atoms. The van der Waals surface area contributed by atoms with Crippen LogP contribution in [0, 0.1) is 11.3 Å². The molecule has 0 amide bonds. The third kappa shape index (κ3) is 17.3. The number of nitrogens with zero attached hydrogens (tertiary/aromatic N) is 1. The van der Waals surface area contributed by atoms with Crippen LogP contribution in [0.5, 0.6) is 0 Å². The molecule has 0 heterocycles. The van der Waals surface area contributed by atoms with Crippen LogP contribution in [-0.4, -0.2) is 0 Å². The molecule has 0 aliphatic carbocycles. The highest BCUT2D eigenvalue weighted by atomic mass is 14.4. The fourth-order valence-electron chi connectivity index (χ4n) is 20.4. The highest BCUT2D eigenvalue weighted by Crippen LogP contribution is 2.61. The van der Waals surface area contributed by atoms with Crippen molar-refractivity contribution in [3.8, 4) is 6.07 Å². The predicted octanol–water partition coefficient (Wildman–Crippen LogP) is 34.3. The average molecular weight is 1390 g/mol. The summed E-state index contributed by atoms with van der Waals surface area (Å²) in [7, 11) is 0. The Morgan fingerprint density at radius 3 is 0.423 bits per heavy atom. The van der Waals surface area contributed by atoms with Crippen LogP contribution in [0.3, 0.4) is 0 Å². The van der Waals surface area contributed by atoms with Crippen molar-refractivity contribution in [1.29, 1.82) is 5.26 Å². The molecule has 0 aliphatic rings. The maximum absolute atomic E-state index is 11.4. The van der Waals surface area contributed by atoms with E-state index in [1.807, 2.05) is 0 Å². The lowest BCUT2D eigenvalue weighted by Crippen LogP contribution is -2.03. The van der Waals surface area contributed by atoms with Gasteiger partial charge in [-0.25, -0.2) is 0 Å². The van der Waals surface area contributed by atoms with Crippen LogP contribution in [0.15, 0.2) is 72.8 Å². The van der Waals surface area contributed by atoms with Gasteiger partial charge >= 0.3 is 0 Å². The van der Waals surface area contributed by atoms with Gasteiger partial charge in [0.05, 0.1) is 11.6 Å². The van der Waals surface area contributed by atoms with E-state index in [-0.39, 0.29) is 0 Å². The van der Waals surface area contributed by atoms with Gasteiger partial charge in [0.2, 0.25) is 0 Å². The summed E-state index contributed by atoms with van der Waals surface area (Å²) in [5.41, 5.74) is 8.37. The van der Waals surface area contributed by atoms with E-state index in [0.29, 0.717) is 0 Å². The van der Waals surface area contributed by atoms with Crippen molar-refractivity contribution < 1.29 is 0 Å². The molecule has 104 heavy (non-hydrogen) atoms. The zero-order chi connectivity index (χ0) is 71.4. The van der Waals surface area contributed by atoms with Crippen molar-refractivity contribution in [2.24, 2.45) is 0 Å². The average Bonchev–Trinajstić information content (AvgIpc) is 0.643. The van der Waals surface area contributed by atoms with Crippen molar-refractivity contribution in [3.05, 3.63) is 106 Å². The second-order valence-electron chi connectivity index (χ2n) is 34.3. The number of hydrogen-bond donors (Lipinski definition) is 0. The number of unbranched alkanes of at least 4 members (excludes halogenated alkanes) is 45. The van der Waals surface area contributed by atoms with Crippen LogP contribution in [0.1, 0.15) is 389 Å². The Bertz CT molecular complexity index is 4480. The Kier molecular flexibility index (Phi) is 28.4. The minimum Gasteiger partial charge on any atom is -0.192 e. The smallest absolute Gasteiger partial charge is 0.0992 e. The van der Waals surface area contributed by atoms with Crippen molar-refractivity contribution in [2.75, 3.05) is 0 Å². The fraction of sp³-hybridized carbons (Fsp3) is 0.583. The molecular formula is C103H137N. The van der Waals surface area contributed by atoms with Gasteiger partial charge in [-0.3, -0.25) is 0 Å². The van der Waals surface area contributed by atoms with Crippen LogP contribution < -0.4 is 0 Å². The minimum absolute atomic E-state index is 0.800. The molecule has 0 saturated carbocycles. The summed E-state index contributed by atoms with van der Waals surface area (Å²) in [6.45, 7) is 11.7. The highest BCUT2D eigenvalue weighted by molar-refractivity contribution is 6.61. The SMILES string of the molecule is CCCCCCCCCCCCc1cc2c3cc(C#N)cc4c5cc(CCCCCCCCCCCC)cc6c7cc(CCCCCCCCCCCC)cc8c9cc(CCCCCCCCCCCC)cc%10c%11cc(CCCCCCCCCCCC)cc%12c(c1)c2c1c(c34)c(c56)c(c78)c(c%109)c1c%12%11. The molecule has 1 nitrogen and oxygen atoms in total. The van der Waals surface area contributed by atoms with Crippen molar-refractivity contribution >= 4 is 129 Å². The first-order valence-electron chi connectivity index (χ1n) is 45.2. The maximum Gasteiger partial charge on any atom is 0.0992 e. The quantitative estimate of drug-likeness (QED) is 0.0212. The molecule has 0 saturated heterocycles. The molecule has 0 fully saturated rings. The molecule has 554 valence electrons. The zero-order valence-corrected chi connectivity index (χ0v) is 66.8. The van der Waals surface area contributed by atoms with E-state index in [9.17, 15) is 5.26 Å². The number of benzene rings is 13. The monoisotopic (exact) mass is 1390 g/mol. The molecule has 0 atom stereocenters. The fourth-order valence-corrected chi connectivity index (χ4v) is 20.4. The summed E-state index contributed by atoms with van der Waals surface area (Å²) in [5, 5.41) is 46.7. The number of aryl methyl sites for hydroxylation is 5. The van der Waals surface area contributed by atoms with Crippen molar-refractivity contribution in [2.45, 2.75) is 388 Å². The van der Waals surface area contributed by atoms with E-state index in [4.69, 9.17) is 0 Å². The van der Waals surface area contributed by atoms with E-state index in [1.54, 1.807) is 10.9 Å². The second kappa shape index (κ2) is 38.7. The Balaban J connectivity index is 1.01. The third-order valence-electron chi connectivity index (χ3n) is 26.1. The van der Waals surface area contributed by atoms with Gasteiger partial charge in [0, 0.05) is 0 Å². The second-order valence-corrected chi connectivity index (χ2v) is 34.3. The van der Waals surface area contributed by atoms with Crippen LogP contribution >= 0.6 is 0 Å². The molecule has 0 bridgehead atoms. The van der Waals surface area contributed by atoms with E-state index in [2.05, 4.69) is 113 Å². The van der Waals surface area contributed by atoms with Gasteiger partial charge in [-0.1, -0.05) is 384 Å². The van der Waals surface area contributed by atoms with Gasteiger partial charge in [-0.05, 0) is 233 Å². The number of hydrogen-bond acceptors (Lipinski definition) is 1. The summed E-state index contributed by atoms with van der Waals surface area (Å²) in [4.78, 5) is 0. The summed E-state index contributed by atoms with van der Waals surface area (Å²) in [5.74, 6) is 0. The lowest BCUT2D eigenvalue weighted by atomic mass is 9.72. The van der Waals surface area contributed by atoms with Gasteiger partial charge in [0.15, 0.2) is 0 Å².